The van der Waals surface area contributed by atoms with Gasteiger partial charge in [0.15, 0.2) is 0 Å². The summed E-state index contributed by atoms with van der Waals surface area (Å²) >= 11 is 5.97. The van der Waals surface area contributed by atoms with Gasteiger partial charge in [-0.25, -0.2) is 0 Å². The predicted molar refractivity (Wildman–Crippen MR) is 75.4 cm³/mol. The first-order chi connectivity index (χ1) is 8.63. The van der Waals surface area contributed by atoms with Crippen LogP contribution in [0.25, 0.3) is 0 Å². The highest BCUT2D eigenvalue weighted by molar-refractivity contribution is 6.30. The molecule has 18 heavy (non-hydrogen) atoms. The first-order valence-electron chi connectivity index (χ1n) is 6.35. The summed E-state index contributed by atoms with van der Waals surface area (Å²) in [5.41, 5.74) is 1.000. The van der Waals surface area contributed by atoms with Crippen LogP contribution in [-0.2, 0) is 4.79 Å². The lowest BCUT2D eigenvalue weighted by Gasteiger charge is -2.24. The van der Waals surface area contributed by atoms with Crippen LogP contribution in [0, 0.1) is 0 Å². The van der Waals surface area contributed by atoms with E-state index >= 15 is 0 Å². The third-order valence-corrected chi connectivity index (χ3v) is 3.04. The number of anilines is 1. The molecule has 0 aromatic heterocycles. The minimum Gasteiger partial charge on any atom is -0.481 e. The lowest BCUT2D eigenvalue weighted by molar-refractivity contribution is -0.136. The Bertz CT molecular complexity index is 382. The summed E-state index contributed by atoms with van der Waals surface area (Å²) < 4.78 is 0. The molecule has 0 heterocycles. The average Bonchev–Trinajstić information content (AvgIpc) is 2.33. The van der Waals surface area contributed by atoms with Crippen molar-refractivity contribution in [3.05, 3.63) is 29.3 Å². The Labute approximate surface area is 113 Å². The van der Waals surface area contributed by atoms with Crippen LogP contribution in [0.5, 0.6) is 0 Å². The van der Waals surface area contributed by atoms with Crippen molar-refractivity contribution in [2.45, 2.75) is 32.6 Å². The van der Waals surface area contributed by atoms with E-state index in [0.29, 0.717) is 11.6 Å². The third kappa shape index (κ3) is 5.41. The van der Waals surface area contributed by atoms with E-state index in [1.807, 2.05) is 24.3 Å². The molecular formula is C14H20ClNO2. The number of rotatable bonds is 8. The Hall–Kier alpha value is -1.22. The maximum absolute atomic E-state index is 10.7. The topological polar surface area (TPSA) is 40.5 Å². The fourth-order valence-electron chi connectivity index (χ4n) is 1.83. The molecule has 0 fully saturated rings. The summed E-state index contributed by atoms with van der Waals surface area (Å²) in [6.07, 6.45) is 3.54. The summed E-state index contributed by atoms with van der Waals surface area (Å²) in [4.78, 5) is 12.8. The zero-order chi connectivity index (χ0) is 13.4. The molecule has 3 nitrogen and oxygen atoms in total. The Morgan fingerprint density at radius 2 is 2.11 bits per heavy atom. The number of benzene rings is 1. The monoisotopic (exact) mass is 269 g/mol. The number of carbonyl (C=O) groups is 1. The number of carboxylic acid groups (broad SMARTS) is 1. The molecule has 0 unspecified atom stereocenters. The fraction of sp³-hybridized carbons (Fsp3) is 0.500. The average molecular weight is 270 g/mol. The largest absolute Gasteiger partial charge is 0.481 e. The summed E-state index contributed by atoms with van der Waals surface area (Å²) in [5.74, 6) is -0.766. The summed E-state index contributed by atoms with van der Waals surface area (Å²) in [6.45, 7) is 3.56. The summed E-state index contributed by atoms with van der Waals surface area (Å²) in [5, 5.41) is 9.47. The van der Waals surface area contributed by atoms with E-state index in [-0.39, 0.29) is 6.42 Å². The molecule has 0 spiro atoms. The molecule has 0 bridgehead atoms. The van der Waals surface area contributed by atoms with Crippen molar-refractivity contribution in [3.8, 4) is 0 Å². The molecule has 1 aromatic carbocycles. The third-order valence-electron chi connectivity index (χ3n) is 2.80. The zero-order valence-electron chi connectivity index (χ0n) is 10.7. The van der Waals surface area contributed by atoms with E-state index in [9.17, 15) is 4.79 Å². The van der Waals surface area contributed by atoms with Crippen LogP contribution in [0.3, 0.4) is 0 Å². The van der Waals surface area contributed by atoms with Crippen molar-refractivity contribution in [3.63, 3.8) is 0 Å². The highest BCUT2D eigenvalue weighted by Gasteiger charge is 2.08. The zero-order valence-corrected chi connectivity index (χ0v) is 11.5. The molecule has 0 aliphatic carbocycles. The van der Waals surface area contributed by atoms with Gasteiger partial charge in [-0.05, 0) is 24.6 Å². The van der Waals surface area contributed by atoms with Crippen LogP contribution in [0.1, 0.15) is 32.6 Å². The number of carboxylic acids is 1. The van der Waals surface area contributed by atoms with E-state index in [2.05, 4.69) is 11.8 Å². The van der Waals surface area contributed by atoms with Gasteiger partial charge in [0.25, 0.3) is 0 Å². The van der Waals surface area contributed by atoms with Crippen LogP contribution in [0.15, 0.2) is 24.3 Å². The molecular weight excluding hydrogens is 250 g/mol. The molecule has 1 N–H and O–H groups in total. The van der Waals surface area contributed by atoms with E-state index in [4.69, 9.17) is 16.7 Å². The molecule has 0 radical (unpaired) electrons. The highest BCUT2D eigenvalue weighted by Crippen LogP contribution is 2.20. The number of unbranched alkanes of at least 4 members (excludes halogenated alkanes) is 2. The Balaban J connectivity index is 2.66. The second-order valence-electron chi connectivity index (χ2n) is 4.32. The van der Waals surface area contributed by atoms with Crippen LogP contribution >= 0.6 is 11.6 Å². The minimum atomic E-state index is -0.766. The van der Waals surface area contributed by atoms with Gasteiger partial charge in [0.2, 0.25) is 0 Å². The standard InChI is InChI=1S/C14H20ClNO2/c1-2-3-4-9-16(10-8-14(17)18)13-7-5-6-12(15)11-13/h5-7,11H,2-4,8-10H2,1H3,(H,17,18). The SMILES string of the molecule is CCCCCN(CCC(=O)O)c1cccc(Cl)c1. The van der Waals surface area contributed by atoms with Crippen LogP contribution < -0.4 is 4.90 Å². The molecule has 0 saturated carbocycles. The van der Waals surface area contributed by atoms with E-state index in [1.165, 1.54) is 0 Å². The quantitative estimate of drug-likeness (QED) is 0.730. The summed E-state index contributed by atoms with van der Waals surface area (Å²) in [7, 11) is 0. The lowest BCUT2D eigenvalue weighted by Crippen LogP contribution is -2.27. The van der Waals surface area contributed by atoms with Crippen LogP contribution in [0.2, 0.25) is 5.02 Å². The van der Waals surface area contributed by atoms with Crippen molar-refractivity contribution < 1.29 is 9.90 Å². The predicted octanol–water partition coefficient (Wildman–Crippen LogP) is 3.81. The first-order valence-corrected chi connectivity index (χ1v) is 6.73. The molecule has 1 aromatic rings. The van der Waals surface area contributed by atoms with Crippen molar-refractivity contribution >= 4 is 23.3 Å². The van der Waals surface area contributed by atoms with Gasteiger partial charge in [0.1, 0.15) is 0 Å². The Morgan fingerprint density at radius 1 is 1.33 bits per heavy atom. The number of hydrogen-bond acceptors (Lipinski definition) is 2. The van der Waals surface area contributed by atoms with Gasteiger partial charge in [0.05, 0.1) is 6.42 Å². The van der Waals surface area contributed by atoms with Crippen molar-refractivity contribution in [2.75, 3.05) is 18.0 Å². The smallest absolute Gasteiger partial charge is 0.305 e. The van der Waals surface area contributed by atoms with Gasteiger partial charge in [-0.3, -0.25) is 4.79 Å². The maximum atomic E-state index is 10.7. The van der Waals surface area contributed by atoms with Crippen molar-refractivity contribution in [2.24, 2.45) is 0 Å². The first kappa shape index (κ1) is 14.8. The molecule has 0 atom stereocenters. The van der Waals surface area contributed by atoms with Gasteiger partial charge >= 0.3 is 5.97 Å². The number of nitrogens with zero attached hydrogens (tertiary/aromatic N) is 1. The highest BCUT2D eigenvalue weighted by atomic mass is 35.5. The molecule has 1 rings (SSSR count). The van der Waals surface area contributed by atoms with Crippen molar-refractivity contribution in [1.29, 1.82) is 0 Å². The fourth-order valence-corrected chi connectivity index (χ4v) is 2.01. The van der Waals surface area contributed by atoms with E-state index < -0.39 is 5.97 Å². The van der Waals surface area contributed by atoms with Crippen LogP contribution in [0.4, 0.5) is 5.69 Å². The normalized spacial score (nSPS) is 10.3. The molecule has 0 aliphatic heterocycles. The van der Waals surface area contributed by atoms with E-state index in [0.717, 1.165) is 31.5 Å². The van der Waals surface area contributed by atoms with Gasteiger partial charge in [0, 0.05) is 23.8 Å². The number of halogens is 1. The van der Waals surface area contributed by atoms with E-state index in [1.54, 1.807) is 0 Å². The molecule has 100 valence electrons. The second-order valence-corrected chi connectivity index (χ2v) is 4.75. The van der Waals surface area contributed by atoms with Gasteiger partial charge in [-0.15, -0.1) is 0 Å². The molecule has 4 heteroatoms. The lowest BCUT2D eigenvalue weighted by atomic mass is 10.2. The van der Waals surface area contributed by atoms with Crippen LogP contribution in [-0.4, -0.2) is 24.2 Å². The minimum absolute atomic E-state index is 0.151. The maximum Gasteiger partial charge on any atom is 0.305 e. The molecule has 0 amide bonds. The van der Waals surface area contributed by atoms with Crippen molar-refractivity contribution in [1.82, 2.24) is 0 Å². The number of aliphatic carboxylic acids is 1. The Kier molecular flexibility index (Phi) is 6.58. The van der Waals surface area contributed by atoms with Gasteiger partial charge in [-0.1, -0.05) is 37.4 Å². The molecule has 0 aliphatic rings. The van der Waals surface area contributed by atoms with Gasteiger partial charge < -0.3 is 10.0 Å². The molecule has 0 saturated heterocycles. The van der Waals surface area contributed by atoms with Gasteiger partial charge in [-0.2, -0.15) is 0 Å². The number of hydrogen-bond donors (Lipinski definition) is 1. The second kappa shape index (κ2) is 7.98. The summed E-state index contributed by atoms with van der Waals surface area (Å²) in [6, 6.07) is 7.58. The Morgan fingerprint density at radius 3 is 2.72 bits per heavy atom.